The fraction of sp³-hybridized carbons (Fsp3) is 0.250. The molecule has 0 amide bonds. The summed E-state index contributed by atoms with van der Waals surface area (Å²) in [6, 6.07) is 11.1. The van der Waals surface area contributed by atoms with Gasteiger partial charge >= 0.3 is 5.97 Å². The van der Waals surface area contributed by atoms with E-state index in [-0.39, 0.29) is 12.4 Å². The number of aromatic nitrogens is 1. The lowest BCUT2D eigenvalue weighted by Crippen LogP contribution is -2.10. The number of thioether (sulfide) groups is 1. The molecule has 1 aromatic heterocycles. The molecular formula is C20H18FNO2S. The highest BCUT2D eigenvalue weighted by Gasteiger charge is 2.18. The molecule has 0 radical (unpaired) electrons. The average molecular weight is 355 g/mol. The normalized spacial score (nSPS) is 13.4. The van der Waals surface area contributed by atoms with E-state index in [1.165, 1.54) is 28.2 Å². The third-order valence-corrected chi connectivity index (χ3v) is 5.95. The van der Waals surface area contributed by atoms with Crippen molar-refractivity contribution in [3.8, 4) is 0 Å². The Morgan fingerprint density at radius 1 is 1.28 bits per heavy atom. The molecular weight excluding hydrogens is 337 g/mol. The summed E-state index contributed by atoms with van der Waals surface area (Å²) in [6.45, 7) is 1.80. The number of hydrogen-bond donors (Lipinski definition) is 1. The average Bonchev–Trinajstić information content (AvgIpc) is 3.13. The molecule has 0 spiro atoms. The van der Waals surface area contributed by atoms with Crippen molar-refractivity contribution in [2.24, 2.45) is 0 Å². The molecule has 5 heteroatoms. The number of benzene rings is 2. The maximum absolute atomic E-state index is 13.8. The van der Waals surface area contributed by atoms with E-state index in [0.29, 0.717) is 6.42 Å². The minimum Gasteiger partial charge on any atom is -0.480 e. The number of rotatable bonds is 4. The second-order valence-electron chi connectivity index (χ2n) is 6.42. The zero-order valence-corrected chi connectivity index (χ0v) is 14.7. The van der Waals surface area contributed by atoms with E-state index in [1.54, 1.807) is 10.6 Å². The van der Waals surface area contributed by atoms with Crippen molar-refractivity contribution in [2.45, 2.75) is 31.2 Å². The molecule has 128 valence electrons. The third-order valence-electron chi connectivity index (χ3n) is 4.85. The summed E-state index contributed by atoms with van der Waals surface area (Å²) >= 11 is 1.87. The number of carboxylic acids is 1. The molecule has 0 atom stereocenters. The lowest BCUT2D eigenvalue weighted by molar-refractivity contribution is -0.137. The van der Waals surface area contributed by atoms with Crippen LogP contribution < -0.4 is 0 Å². The van der Waals surface area contributed by atoms with Gasteiger partial charge in [-0.1, -0.05) is 12.1 Å². The molecule has 4 rings (SSSR count). The minimum absolute atomic E-state index is 0.117. The van der Waals surface area contributed by atoms with Crippen molar-refractivity contribution in [3.05, 3.63) is 64.6 Å². The lowest BCUT2D eigenvalue weighted by Gasteiger charge is -2.07. The van der Waals surface area contributed by atoms with Crippen molar-refractivity contribution < 1.29 is 14.3 Å². The first-order valence-corrected chi connectivity index (χ1v) is 9.25. The molecule has 2 aromatic carbocycles. The highest BCUT2D eigenvalue weighted by atomic mass is 32.2. The topological polar surface area (TPSA) is 42.2 Å². The van der Waals surface area contributed by atoms with E-state index in [4.69, 9.17) is 0 Å². The summed E-state index contributed by atoms with van der Waals surface area (Å²) in [5.74, 6) is -0.0726. The van der Waals surface area contributed by atoms with Gasteiger partial charge in [0.05, 0.1) is 0 Å². The van der Waals surface area contributed by atoms with Gasteiger partial charge in [0.25, 0.3) is 0 Å². The smallest absolute Gasteiger partial charge is 0.323 e. The summed E-state index contributed by atoms with van der Waals surface area (Å²) < 4.78 is 15.6. The molecule has 0 fully saturated rings. The molecule has 3 aromatic rings. The van der Waals surface area contributed by atoms with Gasteiger partial charge in [0, 0.05) is 27.2 Å². The van der Waals surface area contributed by atoms with E-state index in [1.807, 2.05) is 18.7 Å². The Bertz CT molecular complexity index is 993. The van der Waals surface area contributed by atoms with Crippen molar-refractivity contribution in [1.29, 1.82) is 0 Å². The van der Waals surface area contributed by atoms with Gasteiger partial charge in [-0.25, -0.2) is 4.39 Å². The van der Waals surface area contributed by atoms with E-state index in [2.05, 4.69) is 18.2 Å². The highest BCUT2D eigenvalue weighted by molar-refractivity contribution is 7.99. The molecule has 1 N–H and O–H groups in total. The molecule has 1 aliphatic heterocycles. The Balaban J connectivity index is 1.82. The molecule has 0 aliphatic carbocycles. The van der Waals surface area contributed by atoms with Gasteiger partial charge in [-0.3, -0.25) is 4.79 Å². The van der Waals surface area contributed by atoms with Crippen LogP contribution in [0.15, 0.2) is 41.3 Å². The Labute approximate surface area is 149 Å². The zero-order valence-electron chi connectivity index (χ0n) is 13.9. The zero-order chi connectivity index (χ0) is 17.6. The monoisotopic (exact) mass is 355 g/mol. The van der Waals surface area contributed by atoms with Crippen LogP contribution >= 0.6 is 11.8 Å². The van der Waals surface area contributed by atoms with Crippen molar-refractivity contribution >= 4 is 28.6 Å². The molecule has 0 unspecified atom stereocenters. The first kappa shape index (κ1) is 16.2. The van der Waals surface area contributed by atoms with E-state index >= 15 is 0 Å². The van der Waals surface area contributed by atoms with Crippen LogP contribution in [0.3, 0.4) is 0 Å². The van der Waals surface area contributed by atoms with Crippen LogP contribution in [0.4, 0.5) is 4.39 Å². The number of fused-ring (bicyclic) bond motifs is 2. The van der Waals surface area contributed by atoms with E-state index in [0.717, 1.165) is 34.3 Å². The molecule has 3 nitrogen and oxygen atoms in total. The summed E-state index contributed by atoms with van der Waals surface area (Å²) in [4.78, 5) is 12.6. The van der Waals surface area contributed by atoms with Gasteiger partial charge in [0.1, 0.15) is 12.4 Å². The Morgan fingerprint density at radius 2 is 2.12 bits per heavy atom. The standard InChI is InChI=1S/C20H18FNO2S/c1-12-16(8-13-2-3-14-6-7-25-19(14)9-13)17-10-15(21)4-5-18(17)22(12)11-20(23)24/h2-5,9-10H,6-8,11H2,1H3,(H,23,24). The first-order chi connectivity index (χ1) is 12.0. The number of carbonyl (C=O) groups is 1. The van der Waals surface area contributed by atoms with Gasteiger partial charge in [-0.05, 0) is 60.7 Å². The summed E-state index contributed by atoms with van der Waals surface area (Å²) in [7, 11) is 0. The third kappa shape index (κ3) is 2.93. The number of aryl methyl sites for hydroxylation is 1. The fourth-order valence-electron chi connectivity index (χ4n) is 3.61. The van der Waals surface area contributed by atoms with Crippen LogP contribution in [-0.4, -0.2) is 21.4 Å². The quantitative estimate of drug-likeness (QED) is 0.754. The first-order valence-electron chi connectivity index (χ1n) is 8.26. The predicted octanol–water partition coefficient (Wildman–Crippen LogP) is 4.41. The van der Waals surface area contributed by atoms with Crippen molar-refractivity contribution in [2.75, 3.05) is 5.75 Å². The Kier molecular flexibility index (Phi) is 4.04. The summed E-state index contributed by atoms with van der Waals surface area (Å²) in [5.41, 5.74) is 5.22. The van der Waals surface area contributed by atoms with Crippen molar-refractivity contribution in [1.82, 2.24) is 4.57 Å². The SMILES string of the molecule is Cc1c(Cc2ccc3c(c2)SCC3)c2cc(F)ccc2n1CC(=O)O. The Morgan fingerprint density at radius 3 is 2.92 bits per heavy atom. The van der Waals surface area contributed by atoms with Gasteiger partial charge in [0.15, 0.2) is 0 Å². The van der Waals surface area contributed by atoms with Crippen LogP contribution in [0.25, 0.3) is 10.9 Å². The van der Waals surface area contributed by atoms with E-state index in [9.17, 15) is 14.3 Å². The fourth-order valence-corrected chi connectivity index (χ4v) is 4.74. The number of hydrogen-bond acceptors (Lipinski definition) is 2. The second-order valence-corrected chi connectivity index (χ2v) is 7.56. The van der Waals surface area contributed by atoms with Gasteiger partial charge in [0.2, 0.25) is 0 Å². The van der Waals surface area contributed by atoms with Crippen LogP contribution in [-0.2, 0) is 24.2 Å². The molecule has 0 saturated heterocycles. The van der Waals surface area contributed by atoms with Crippen LogP contribution in [0.1, 0.15) is 22.4 Å². The molecule has 1 aliphatic rings. The second kappa shape index (κ2) is 6.23. The highest BCUT2D eigenvalue weighted by Crippen LogP contribution is 2.34. The number of carboxylic acid groups (broad SMARTS) is 1. The number of halogens is 1. The van der Waals surface area contributed by atoms with E-state index < -0.39 is 5.97 Å². The Hall–Kier alpha value is -2.27. The molecule has 0 bridgehead atoms. The lowest BCUT2D eigenvalue weighted by atomic mass is 10.0. The largest absolute Gasteiger partial charge is 0.480 e. The molecule has 25 heavy (non-hydrogen) atoms. The van der Waals surface area contributed by atoms with Crippen LogP contribution in [0.2, 0.25) is 0 Å². The van der Waals surface area contributed by atoms with Gasteiger partial charge < -0.3 is 9.67 Å². The molecule has 0 saturated carbocycles. The summed E-state index contributed by atoms with van der Waals surface area (Å²) in [6.07, 6.45) is 1.79. The van der Waals surface area contributed by atoms with Crippen LogP contribution in [0, 0.1) is 12.7 Å². The van der Waals surface area contributed by atoms with Gasteiger partial charge in [-0.2, -0.15) is 0 Å². The molecule has 2 heterocycles. The maximum atomic E-state index is 13.8. The number of nitrogens with zero attached hydrogens (tertiary/aromatic N) is 1. The maximum Gasteiger partial charge on any atom is 0.323 e. The van der Waals surface area contributed by atoms with Crippen molar-refractivity contribution in [3.63, 3.8) is 0 Å². The van der Waals surface area contributed by atoms with Crippen LogP contribution in [0.5, 0.6) is 0 Å². The summed E-state index contributed by atoms with van der Waals surface area (Å²) in [5, 5.41) is 10.0. The minimum atomic E-state index is -0.898. The van der Waals surface area contributed by atoms with Gasteiger partial charge in [-0.15, -0.1) is 11.8 Å². The predicted molar refractivity (Wildman–Crippen MR) is 97.9 cm³/mol. The number of aliphatic carboxylic acids is 1.